The lowest BCUT2D eigenvalue weighted by Crippen LogP contribution is -2.69. The molecule has 4 aliphatic carbocycles. The molecule has 0 amide bonds. The normalized spacial score (nSPS) is 45.0. The van der Waals surface area contributed by atoms with E-state index in [2.05, 4.69) is 13.8 Å². The first-order valence-corrected chi connectivity index (χ1v) is 13.3. The highest BCUT2D eigenvalue weighted by atomic mass is 16.6. The summed E-state index contributed by atoms with van der Waals surface area (Å²) in [6.07, 6.45) is 4.46. The monoisotopic (exact) mass is 506 g/mol. The Morgan fingerprint density at radius 3 is 1.89 bits per heavy atom. The molecule has 9 atom stereocenters. The zero-order valence-electron chi connectivity index (χ0n) is 22.8. The van der Waals surface area contributed by atoms with E-state index in [1.807, 2.05) is 6.92 Å². The van der Waals surface area contributed by atoms with Crippen LogP contribution in [0.2, 0.25) is 0 Å². The lowest BCUT2D eigenvalue weighted by molar-refractivity contribution is -0.270. The van der Waals surface area contributed by atoms with E-state index in [0.717, 1.165) is 32.1 Å². The van der Waals surface area contributed by atoms with Crippen molar-refractivity contribution in [3.63, 3.8) is 0 Å². The summed E-state index contributed by atoms with van der Waals surface area (Å²) in [5, 5.41) is 0. The SMILES string of the molecule is CC(=O)OCC1(C)C(OC(C)=O)CCC2(C)C1CC(OC(C)=O)C13CCC(C)(CCC21)C3OC(C)=O. The van der Waals surface area contributed by atoms with Crippen LogP contribution >= 0.6 is 0 Å². The summed E-state index contributed by atoms with van der Waals surface area (Å²) in [6.45, 7) is 12.3. The van der Waals surface area contributed by atoms with Crippen molar-refractivity contribution in [1.82, 2.24) is 0 Å². The van der Waals surface area contributed by atoms with E-state index < -0.39 is 23.0 Å². The second-order valence-corrected chi connectivity index (χ2v) is 12.7. The Kier molecular flexibility index (Phi) is 6.74. The molecular weight excluding hydrogens is 464 g/mol. The number of carbonyl (C=O) groups is 4. The molecule has 0 radical (unpaired) electrons. The Balaban J connectivity index is 1.84. The summed E-state index contributed by atoms with van der Waals surface area (Å²) in [7, 11) is 0. The molecule has 0 aliphatic heterocycles. The van der Waals surface area contributed by atoms with Gasteiger partial charge in [0.05, 0.1) is 0 Å². The van der Waals surface area contributed by atoms with E-state index in [9.17, 15) is 19.2 Å². The molecule has 8 heteroatoms. The van der Waals surface area contributed by atoms with Gasteiger partial charge in [-0.3, -0.25) is 19.2 Å². The second-order valence-electron chi connectivity index (χ2n) is 12.7. The van der Waals surface area contributed by atoms with Crippen LogP contribution in [0.3, 0.4) is 0 Å². The minimum Gasteiger partial charge on any atom is -0.465 e. The molecule has 4 aliphatic rings. The summed E-state index contributed by atoms with van der Waals surface area (Å²) in [4.78, 5) is 48.7. The fraction of sp³-hybridized carbons (Fsp3) is 0.857. The van der Waals surface area contributed by atoms with Crippen molar-refractivity contribution in [3.8, 4) is 0 Å². The maximum atomic E-state index is 12.4. The van der Waals surface area contributed by atoms with Crippen molar-refractivity contribution in [3.05, 3.63) is 0 Å². The van der Waals surface area contributed by atoms with Crippen molar-refractivity contribution in [2.45, 2.75) is 112 Å². The van der Waals surface area contributed by atoms with Gasteiger partial charge >= 0.3 is 23.9 Å². The number of esters is 4. The molecule has 2 bridgehead atoms. The van der Waals surface area contributed by atoms with Crippen LogP contribution < -0.4 is 0 Å². The van der Waals surface area contributed by atoms with Gasteiger partial charge in [-0.1, -0.05) is 20.8 Å². The van der Waals surface area contributed by atoms with Crippen LogP contribution in [0.5, 0.6) is 0 Å². The van der Waals surface area contributed by atoms with Gasteiger partial charge in [0, 0.05) is 43.9 Å². The molecule has 36 heavy (non-hydrogen) atoms. The first-order valence-electron chi connectivity index (χ1n) is 13.3. The van der Waals surface area contributed by atoms with Crippen LogP contribution in [0, 0.1) is 33.5 Å². The maximum Gasteiger partial charge on any atom is 0.302 e. The molecule has 0 saturated heterocycles. The molecule has 4 rings (SSSR count). The van der Waals surface area contributed by atoms with Crippen LogP contribution in [-0.2, 0) is 38.1 Å². The van der Waals surface area contributed by atoms with E-state index in [1.165, 1.54) is 27.7 Å². The molecule has 4 fully saturated rings. The zero-order chi connectivity index (χ0) is 26.7. The van der Waals surface area contributed by atoms with Gasteiger partial charge < -0.3 is 18.9 Å². The van der Waals surface area contributed by atoms with Crippen LogP contribution in [0.25, 0.3) is 0 Å². The lowest BCUT2D eigenvalue weighted by Gasteiger charge is -2.68. The molecular formula is C28H42O8. The molecule has 8 nitrogen and oxygen atoms in total. The maximum absolute atomic E-state index is 12.4. The third-order valence-electron chi connectivity index (χ3n) is 10.5. The standard InChI is InChI=1S/C28H42O8/c1-16(29)33-15-27(7)21-14-23(35-18(3)31)28-13-12-25(5,24(28)36-19(4)32)10-8-20(28)26(21,6)11-9-22(27)34-17(2)30/h20-24H,8-15H2,1-7H3. The summed E-state index contributed by atoms with van der Waals surface area (Å²) in [6, 6.07) is 0. The predicted molar refractivity (Wildman–Crippen MR) is 129 cm³/mol. The van der Waals surface area contributed by atoms with Gasteiger partial charge in [-0.25, -0.2) is 0 Å². The fourth-order valence-corrected chi connectivity index (χ4v) is 9.20. The van der Waals surface area contributed by atoms with Crippen molar-refractivity contribution in [2.75, 3.05) is 6.61 Å². The summed E-state index contributed by atoms with van der Waals surface area (Å²) < 4.78 is 23.6. The Bertz CT molecular complexity index is 946. The van der Waals surface area contributed by atoms with Crippen LogP contribution in [0.4, 0.5) is 0 Å². The van der Waals surface area contributed by atoms with Crippen molar-refractivity contribution in [2.24, 2.45) is 33.5 Å². The highest BCUT2D eigenvalue weighted by molar-refractivity contribution is 5.68. The Morgan fingerprint density at radius 1 is 0.694 bits per heavy atom. The minimum atomic E-state index is -0.652. The Morgan fingerprint density at radius 2 is 1.31 bits per heavy atom. The Hall–Kier alpha value is -2.12. The third kappa shape index (κ3) is 4.03. The molecule has 202 valence electrons. The third-order valence-corrected chi connectivity index (χ3v) is 10.5. The fourth-order valence-electron chi connectivity index (χ4n) is 9.20. The molecule has 0 aromatic rings. The van der Waals surface area contributed by atoms with Crippen LogP contribution in [0.1, 0.15) is 93.4 Å². The van der Waals surface area contributed by atoms with E-state index in [4.69, 9.17) is 18.9 Å². The van der Waals surface area contributed by atoms with E-state index in [0.29, 0.717) is 12.8 Å². The van der Waals surface area contributed by atoms with E-state index in [-0.39, 0.29) is 59.3 Å². The number of carbonyl (C=O) groups excluding carboxylic acids is 4. The summed E-state index contributed by atoms with van der Waals surface area (Å²) in [5.41, 5.74) is -1.47. The van der Waals surface area contributed by atoms with E-state index in [1.54, 1.807) is 0 Å². The molecule has 4 saturated carbocycles. The van der Waals surface area contributed by atoms with Gasteiger partial charge in [0.25, 0.3) is 0 Å². The molecule has 0 aromatic heterocycles. The number of rotatable bonds is 5. The van der Waals surface area contributed by atoms with Gasteiger partial charge in [-0.05, 0) is 62.2 Å². The zero-order valence-corrected chi connectivity index (χ0v) is 22.8. The largest absolute Gasteiger partial charge is 0.465 e. The van der Waals surface area contributed by atoms with Crippen molar-refractivity contribution < 1.29 is 38.1 Å². The minimum absolute atomic E-state index is 0.0367. The second kappa shape index (κ2) is 9.02. The molecule has 0 N–H and O–H groups in total. The number of fused-ring (bicyclic) bond motifs is 3. The number of hydrogen-bond donors (Lipinski definition) is 0. The first kappa shape index (κ1) is 26.9. The topological polar surface area (TPSA) is 105 Å². The van der Waals surface area contributed by atoms with Gasteiger partial charge in [0.1, 0.15) is 24.9 Å². The number of ether oxygens (including phenoxy) is 4. The Labute approximate surface area is 214 Å². The average molecular weight is 507 g/mol. The highest BCUT2D eigenvalue weighted by Crippen LogP contribution is 2.74. The smallest absolute Gasteiger partial charge is 0.302 e. The summed E-state index contributed by atoms with van der Waals surface area (Å²) in [5.74, 6) is -1.30. The van der Waals surface area contributed by atoms with Crippen molar-refractivity contribution >= 4 is 23.9 Å². The number of hydrogen-bond acceptors (Lipinski definition) is 8. The molecule has 9 unspecified atom stereocenters. The summed E-state index contributed by atoms with van der Waals surface area (Å²) >= 11 is 0. The van der Waals surface area contributed by atoms with Crippen LogP contribution in [0.15, 0.2) is 0 Å². The van der Waals surface area contributed by atoms with Crippen LogP contribution in [-0.4, -0.2) is 48.8 Å². The quantitative estimate of drug-likeness (QED) is 0.400. The average Bonchev–Trinajstić information content (AvgIpc) is 2.92. The molecule has 0 aromatic carbocycles. The molecule has 1 spiro atoms. The van der Waals surface area contributed by atoms with Gasteiger partial charge in [-0.15, -0.1) is 0 Å². The van der Waals surface area contributed by atoms with Crippen molar-refractivity contribution in [1.29, 1.82) is 0 Å². The molecule has 0 heterocycles. The van der Waals surface area contributed by atoms with Gasteiger partial charge in [-0.2, -0.15) is 0 Å². The lowest BCUT2D eigenvalue weighted by atomic mass is 9.38. The van der Waals surface area contributed by atoms with Gasteiger partial charge in [0.15, 0.2) is 0 Å². The first-order chi connectivity index (χ1) is 16.7. The van der Waals surface area contributed by atoms with E-state index >= 15 is 0 Å². The predicted octanol–water partition coefficient (Wildman–Crippen LogP) is 4.37. The van der Waals surface area contributed by atoms with Gasteiger partial charge in [0.2, 0.25) is 0 Å². The highest BCUT2D eigenvalue weighted by Gasteiger charge is 2.75.